The minimum absolute atomic E-state index is 0.115. The highest BCUT2D eigenvalue weighted by atomic mass is 79.9. The molecule has 2 N–H and O–H groups in total. The van der Waals surface area contributed by atoms with Crippen LogP contribution in [0.3, 0.4) is 0 Å². The van der Waals surface area contributed by atoms with Crippen LogP contribution in [0.1, 0.15) is 56.9 Å². The maximum absolute atomic E-state index is 13.4. The summed E-state index contributed by atoms with van der Waals surface area (Å²) >= 11 is 3.31. The second kappa shape index (κ2) is 9.52. The van der Waals surface area contributed by atoms with Gasteiger partial charge in [-0.15, -0.1) is 0 Å². The van der Waals surface area contributed by atoms with Crippen LogP contribution in [0.4, 0.5) is 5.69 Å². The molecule has 1 fully saturated rings. The molecule has 7 nitrogen and oxygen atoms in total. The molecule has 0 bridgehead atoms. The van der Waals surface area contributed by atoms with Crippen LogP contribution in [0.5, 0.6) is 0 Å². The Kier molecular flexibility index (Phi) is 7.05. The summed E-state index contributed by atoms with van der Waals surface area (Å²) in [5.41, 5.74) is 1.01. The molecule has 1 saturated carbocycles. The number of hydrogen-bond donors (Lipinski definition) is 2. The molecular formula is C21H28BrN5O2. The molecule has 29 heavy (non-hydrogen) atoms. The number of amides is 2. The molecule has 1 aliphatic carbocycles. The standard InChI is InChI=1S/C21H28BrN5O2/c1-13(2)27(21(29)17-10-11-24-26-17)19(15-6-4-14(3)5-7-15)20(28)25-16-8-9-18(22)23-12-16/h8-15,19H,4-7H2,1-3H3,(H,24,26)(H,25,28). The second-order valence-corrected chi connectivity index (χ2v) is 8.91. The first-order chi connectivity index (χ1) is 13.9. The van der Waals surface area contributed by atoms with E-state index in [9.17, 15) is 9.59 Å². The molecule has 2 aromatic heterocycles. The minimum Gasteiger partial charge on any atom is -0.323 e. The normalized spacial score (nSPS) is 20.3. The predicted octanol–water partition coefficient (Wildman–Crippen LogP) is 4.25. The van der Waals surface area contributed by atoms with E-state index in [1.165, 1.54) is 0 Å². The van der Waals surface area contributed by atoms with E-state index in [0.29, 0.717) is 21.9 Å². The van der Waals surface area contributed by atoms with E-state index in [1.54, 1.807) is 35.5 Å². The van der Waals surface area contributed by atoms with Crippen molar-refractivity contribution in [1.82, 2.24) is 20.1 Å². The molecule has 0 saturated heterocycles. The number of nitrogens with zero attached hydrogens (tertiary/aromatic N) is 3. The average Bonchev–Trinajstić information content (AvgIpc) is 3.23. The number of aromatic nitrogens is 3. The summed E-state index contributed by atoms with van der Waals surface area (Å²) in [4.78, 5) is 32.6. The average molecular weight is 462 g/mol. The van der Waals surface area contributed by atoms with Gasteiger partial charge in [0, 0.05) is 12.2 Å². The Bertz CT molecular complexity index is 814. The first-order valence-corrected chi connectivity index (χ1v) is 10.9. The van der Waals surface area contributed by atoms with E-state index in [-0.39, 0.29) is 23.8 Å². The number of hydrogen-bond acceptors (Lipinski definition) is 4. The Hall–Kier alpha value is -2.22. The van der Waals surface area contributed by atoms with Crippen molar-refractivity contribution in [1.29, 1.82) is 0 Å². The highest BCUT2D eigenvalue weighted by molar-refractivity contribution is 9.10. The largest absolute Gasteiger partial charge is 0.323 e. The summed E-state index contributed by atoms with van der Waals surface area (Å²) in [6.45, 7) is 6.14. The van der Waals surface area contributed by atoms with Crippen molar-refractivity contribution in [2.45, 2.75) is 58.5 Å². The number of carbonyl (C=O) groups excluding carboxylic acids is 2. The maximum atomic E-state index is 13.4. The Morgan fingerprint density at radius 3 is 2.48 bits per heavy atom. The Balaban J connectivity index is 1.90. The lowest BCUT2D eigenvalue weighted by molar-refractivity contribution is -0.123. The van der Waals surface area contributed by atoms with E-state index in [0.717, 1.165) is 25.7 Å². The summed E-state index contributed by atoms with van der Waals surface area (Å²) in [6, 6.07) is 4.54. The summed E-state index contributed by atoms with van der Waals surface area (Å²) < 4.78 is 0.701. The van der Waals surface area contributed by atoms with Gasteiger partial charge in [0.25, 0.3) is 5.91 Å². The summed E-state index contributed by atoms with van der Waals surface area (Å²) in [5, 5.41) is 9.62. The lowest BCUT2D eigenvalue weighted by Crippen LogP contribution is -2.54. The van der Waals surface area contributed by atoms with E-state index in [4.69, 9.17) is 0 Å². The molecule has 156 valence electrons. The van der Waals surface area contributed by atoms with Gasteiger partial charge in [-0.1, -0.05) is 19.8 Å². The second-order valence-electron chi connectivity index (χ2n) is 8.10. The number of pyridine rings is 1. The fourth-order valence-electron chi connectivity index (χ4n) is 4.03. The highest BCUT2D eigenvalue weighted by Gasteiger charge is 2.39. The lowest BCUT2D eigenvalue weighted by atomic mass is 9.78. The molecule has 1 atom stereocenters. The summed E-state index contributed by atoms with van der Waals surface area (Å²) in [7, 11) is 0. The van der Waals surface area contributed by atoms with Crippen LogP contribution in [0.15, 0.2) is 35.2 Å². The van der Waals surface area contributed by atoms with Gasteiger partial charge in [-0.2, -0.15) is 5.10 Å². The number of nitrogens with one attached hydrogen (secondary N) is 2. The van der Waals surface area contributed by atoms with Gasteiger partial charge in [-0.05, 0) is 72.7 Å². The predicted molar refractivity (Wildman–Crippen MR) is 115 cm³/mol. The molecule has 2 aromatic rings. The summed E-state index contributed by atoms with van der Waals surface area (Å²) in [6.07, 6.45) is 7.15. The number of halogens is 1. The molecule has 2 heterocycles. The van der Waals surface area contributed by atoms with Crippen molar-refractivity contribution in [3.05, 3.63) is 40.9 Å². The van der Waals surface area contributed by atoms with Gasteiger partial charge in [0.15, 0.2) is 0 Å². The first kappa shape index (κ1) is 21.5. The Morgan fingerprint density at radius 2 is 1.93 bits per heavy atom. The minimum atomic E-state index is -0.554. The van der Waals surface area contributed by atoms with Crippen LogP contribution in [0.2, 0.25) is 0 Å². The molecule has 8 heteroatoms. The molecule has 0 aliphatic heterocycles. The highest BCUT2D eigenvalue weighted by Crippen LogP contribution is 2.34. The van der Waals surface area contributed by atoms with Crippen molar-refractivity contribution in [3.63, 3.8) is 0 Å². The topological polar surface area (TPSA) is 91.0 Å². The van der Waals surface area contributed by atoms with Crippen LogP contribution in [0.25, 0.3) is 0 Å². The van der Waals surface area contributed by atoms with Crippen LogP contribution in [0, 0.1) is 11.8 Å². The number of rotatable bonds is 6. The van der Waals surface area contributed by atoms with Crippen molar-refractivity contribution < 1.29 is 9.59 Å². The quantitative estimate of drug-likeness (QED) is 0.628. The van der Waals surface area contributed by atoms with Crippen molar-refractivity contribution >= 4 is 33.4 Å². The molecule has 0 aromatic carbocycles. The van der Waals surface area contributed by atoms with Crippen LogP contribution < -0.4 is 5.32 Å². The zero-order valence-electron chi connectivity index (χ0n) is 17.1. The number of anilines is 1. The van der Waals surface area contributed by atoms with E-state index >= 15 is 0 Å². The monoisotopic (exact) mass is 461 g/mol. The molecule has 0 spiro atoms. The van der Waals surface area contributed by atoms with Crippen LogP contribution >= 0.6 is 15.9 Å². The van der Waals surface area contributed by atoms with Crippen molar-refractivity contribution in [2.75, 3.05) is 5.32 Å². The van der Waals surface area contributed by atoms with E-state index in [2.05, 4.69) is 43.4 Å². The fourth-order valence-corrected chi connectivity index (χ4v) is 4.27. The Morgan fingerprint density at radius 1 is 1.21 bits per heavy atom. The third-order valence-corrected chi connectivity index (χ3v) is 6.06. The van der Waals surface area contributed by atoms with Gasteiger partial charge in [-0.3, -0.25) is 14.7 Å². The SMILES string of the molecule is CC1CCC(C(C(=O)Nc2ccc(Br)nc2)N(C(=O)c2ccn[nH]2)C(C)C)CC1. The van der Waals surface area contributed by atoms with Crippen molar-refractivity contribution in [3.8, 4) is 0 Å². The van der Waals surface area contributed by atoms with Gasteiger partial charge in [0.2, 0.25) is 5.91 Å². The number of H-pyrrole nitrogens is 1. The van der Waals surface area contributed by atoms with Gasteiger partial charge in [-0.25, -0.2) is 4.98 Å². The van der Waals surface area contributed by atoms with Crippen LogP contribution in [-0.4, -0.2) is 44.0 Å². The maximum Gasteiger partial charge on any atom is 0.272 e. The zero-order valence-corrected chi connectivity index (χ0v) is 18.6. The number of aromatic amines is 1. The zero-order chi connectivity index (χ0) is 21.0. The summed E-state index contributed by atoms with van der Waals surface area (Å²) in [5.74, 6) is 0.394. The fraction of sp³-hybridized carbons (Fsp3) is 0.524. The number of carbonyl (C=O) groups is 2. The van der Waals surface area contributed by atoms with Gasteiger partial charge in [0.05, 0.1) is 11.9 Å². The third kappa shape index (κ3) is 5.23. The molecule has 0 radical (unpaired) electrons. The first-order valence-electron chi connectivity index (χ1n) is 10.1. The molecule has 1 unspecified atom stereocenters. The Labute approximate surface area is 179 Å². The van der Waals surface area contributed by atoms with Crippen molar-refractivity contribution in [2.24, 2.45) is 11.8 Å². The molecule has 3 rings (SSSR count). The van der Waals surface area contributed by atoms with Gasteiger partial charge >= 0.3 is 0 Å². The molecule has 2 amide bonds. The third-order valence-electron chi connectivity index (χ3n) is 5.59. The van der Waals surface area contributed by atoms with E-state index < -0.39 is 6.04 Å². The smallest absolute Gasteiger partial charge is 0.272 e. The molecular weight excluding hydrogens is 434 g/mol. The lowest BCUT2D eigenvalue weighted by Gasteiger charge is -2.40. The van der Waals surface area contributed by atoms with Gasteiger partial charge in [0.1, 0.15) is 16.3 Å². The van der Waals surface area contributed by atoms with Gasteiger partial charge < -0.3 is 10.2 Å². The molecule has 1 aliphatic rings. The van der Waals surface area contributed by atoms with E-state index in [1.807, 2.05) is 13.8 Å². The van der Waals surface area contributed by atoms with Crippen LogP contribution in [-0.2, 0) is 4.79 Å².